The Labute approximate surface area is 126 Å². The van der Waals surface area contributed by atoms with Crippen molar-refractivity contribution in [2.75, 3.05) is 13.2 Å². The third-order valence-corrected chi connectivity index (χ3v) is 4.44. The van der Waals surface area contributed by atoms with Gasteiger partial charge in [0.2, 0.25) is 5.82 Å². The maximum absolute atomic E-state index is 11.9. The standard InChI is InChI=1S/C14H23N3O3Si/c1-5-6-20-14(18)13-16-12(9-15)10-17(13)11-19-7-8-21(2,3)4/h10H,5-8,11H2,1-4H3. The average Bonchev–Trinajstić information content (AvgIpc) is 2.83. The normalized spacial score (nSPS) is 11.2. The van der Waals surface area contributed by atoms with E-state index in [0.717, 1.165) is 12.5 Å². The fourth-order valence-corrected chi connectivity index (χ4v) is 2.29. The molecular weight excluding hydrogens is 286 g/mol. The Morgan fingerprint density at radius 1 is 1.43 bits per heavy atom. The van der Waals surface area contributed by atoms with Gasteiger partial charge in [-0.25, -0.2) is 9.78 Å². The lowest BCUT2D eigenvalue weighted by Gasteiger charge is -2.15. The van der Waals surface area contributed by atoms with Gasteiger partial charge in [0, 0.05) is 20.9 Å². The predicted molar refractivity (Wildman–Crippen MR) is 81.6 cm³/mol. The summed E-state index contributed by atoms with van der Waals surface area (Å²) in [5.74, 6) is -0.403. The topological polar surface area (TPSA) is 77.1 Å². The highest BCUT2D eigenvalue weighted by Gasteiger charge is 2.18. The summed E-state index contributed by atoms with van der Waals surface area (Å²) in [6.07, 6.45) is 2.25. The quantitative estimate of drug-likeness (QED) is 0.419. The van der Waals surface area contributed by atoms with Crippen molar-refractivity contribution in [2.24, 2.45) is 0 Å². The van der Waals surface area contributed by atoms with Crippen molar-refractivity contribution < 1.29 is 14.3 Å². The molecule has 0 saturated heterocycles. The second kappa shape index (κ2) is 7.95. The molecule has 0 spiro atoms. The number of hydrogen-bond donors (Lipinski definition) is 0. The first kappa shape index (κ1) is 17.4. The van der Waals surface area contributed by atoms with Gasteiger partial charge in [-0.3, -0.25) is 0 Å². The highest BCUT2D eigenvalue weighted by Crippen LogP contribution is 2.09. The third kappa shape index (κ3) is 6.10. The van der Waals surface area contributed by atoms with Crippen LogP contribution in [0.25, 0.3) is 0 Å². The van der Waals surface area contributed by atoms with E-state index in [1.807, 2.05) is 13.0 Å². The van der Waals surface area contributed by atoms with Gasteiger partial charge in [0.15, 0.2) is 5.69 Å². The summed E-state index contributed by atoms with van der Waals surface area (Å²) in [4.78, 5) is 15.8. The minimum Gasteiger partial charge on any atom is -0.460 e. The predicted octanol–water partition coefficient (Wildman–Crippen LogP) is 2.63. The van der Waals surface area contributed by atoms with E-state index >= 15 is 0 Å². The van der Waals surface area contributed by atoms with Crippen molar-refractivity contribution in [3.8, 4) is 6.07 Å². The van der Waals surface area contributed by atoms with Gasteiger partial charge in [-0.15, -0.1) is 0 Å². The van der Waals surface area contributed by atoms with Crippen LogP contribution in [0, 0.1) is 11.3 Å². The monoisotopic (exact) mass is 309 g/mol. The Morgan fingerprint density at radius 3 is 2.71 bits per heavy atom. The smallest absolute Gasteiger partial charge is 0.374 e. The first-order valence-electron chi connectivity index (χ1n) is 7.09. The summed E-state index contributed by atoms with van der Waals surface area (Å²) in [5, 5.41) is 8.90. The van der Waals surface area contributed by atoms with Crippen LogP contribution in [0.1, 0.15) is 29.7 Å². The zero-order chi connectivity index (χ0) is 15.9. The number of nitrogens with zero attached hydrogens (tertiary/aromatic N) is 3. The molecular formula is C14H23N3O3Si. The molecule has 6 nitrogen and oxygen atoms in total. The van der Waals surface area contributed by atoms with Crippen molar-refractivity contribution >= 4 is 14.0 Å². The first-order chi connectivity index (χ1) is 9.87. The molecule has 0 N–H and O–H groups in total. The van der Waals surface area contributed by atoms with Gasteiger partial charge in [-0.05, 0) is 12.5 Å². The lowest BCUT2D eigenvalue weighted by atomic mass is 10.5. The Bertz CT molecular complexity index is 515. The Hall–Kier alpha value is -1.65. The van der Waals surface area contributed by atoms with Crippen LogP contribution in [-0.2, 0) is 16.2 Å². The Kier molecular flexibility index (Phi) is 6.59. The van der Waals surface area contributed by atoms with Crippen LogP contribution < -0.4 is 0 Å². The summed E-state index contributed by atoms with van der Waals surface area (Å²) in [5.41, 5.74) is 0.187. The molecule has 0 unspecified atom stereocenters. The van der Waals surface area contributed by atoms with Gasteiger partial charge in [0.25, 0.3) is 0 Å². The first-order valence-corrected chi connectivity index (χ1v) is 10.8. The SMILES string of the molecule is CCCOC(=O)c1nc(C#N)cn1COCC[Si](C)(C)C. The van der Waals surface area contributed by atoms with E-state index in [4.69, 9.17) is 14.7 Å². The molecule has 0 aliphatic carbocycles. The molecule has 0 fully saturated rings. The number of imidazole rings is 1. The molecule has 1 aromatic rings. The molecule has 1 rings (SSSR count). The van der Waals surface area contributed by atoms with Crippen LogP contribution in [0.3, 0.4) is 0 Å². The summed E-state index contributed by atoms with van der Waals surface area (Å²) in [6.45, 7) is 9.91. The second-order valence-corrected chi connectivity index (χ2v) is 11.6. The number of aromatic nitrogens is 2. The van der Waals surface area contributed by atoms with E-state index in [1.165, 1.54) is 10.8 Å². The van der Waals surface area contributed by atoms with Crippen LogP contribution in [0.5, 0.6) is 0 Å². The highest BCUT2D eigenvalue weighted by atomic mass is 28.3. The van der Waals surface area contributed by atoms with Crippen LogP contribution in [0.15, 0.2) is 6.20 Å². The molecule has 0 aromatic carbocycles. The lowest BCUT2D eigenvalue weighted by Crippen LogP contribution is -2.22. The fourth-order valence-electron chi connectivity index (χ4n) is 1.53. The maximum Gasteiger partial charge on any atom is 0.374 e. The Balaban J connectivity index is 2.66. The largest absolute Gasteiger partial charge is 0.460 e. The van der Waals surface area contributed by atoms with Gasteiger partial charge in [-0.1, -0.05) is 26.6 Å². The average molecular weight is 309 g/mol. The number of carbonyl (C=O) groups is 1. The van der Waals surface area contributed by atoms with Gasteiger partial charge < -0.3 is 14.0 Å². The van der Waals surface area contributed by atoms with Gasteiger partial charge in [0.05, 0.1) is 6.61 Å². The van der Waals surface area contributed by atoms with E-state index < -0.39 is 14.0 Å². The highest BCUT2D eigenvalue weighted by molar-refractivity contribution is 6.76. The zero-order valence-corrected chi connectivity index (χ0v) is 14.2. The molecule has 1 aromatic heterocycles. The number of ether oxygens (including phenoxy) is 2. The molecule has 0 aliphatic heterocycles. The van der Waals surface area contributed by atoms with Crippen molar-refractivity contribution in [1.29, 1.82) is 5.26 Å². The number of rotatable bonds is 8. The molecule has 0 aliphatic rings. The van der Waals surface area contributed by atoms with E-state index in [9.17, 15) is 4.79 Å². The molecule has 0 saturated carbocycles. The molecule has 1 heterocycles. The third-order valence-electron chi connectivity index (χ3n) is 2.74. The van der Waals surface area contributed by atoms with E-state index in [2.05, 4.69) is 24.6 Å². The Morgan fingerprint density at radius 2 is 2.14 bits per heavy atom. The minimum atomic E-state index is -1.14. The minimum absolute atomic E-state index is 0.119. The number of nitriles is 1. The van der Waals surface area contributed by atoms with Crippen molar-refractivity contribution in [1.82, 2.24) is 9.55 Å². The summed E-state index contributed by atoms with van der Waals surface area (Å²) in [6, 6.07) is 2.97. The molecule has 0 radical (unpaired) electrons. The second-order valence-electron chi connectivity index (χ2n) is 6.02. The number of esters is 1. The number of carbonyl (C=O) groups excluding carboxylic acids is 1. The fraction of sp³-hybridized carbons (Fsp3) is 0.643. The molecule has 0 atom stereocenters. The zero-order valence-electron chi connectivity index (χ0n) is 13.2. The maximum atomic E-state index is 11.9. The van der Waals surface area contributed by atoms with Crippen molar-refractivity contribution in [3.63, 3.8) is 0 Å². The molecule has 0 bridgehead atoms. The van der Waals surface area contributed by atoms with Crippen LogP contribution in [-0.4, -0.2) is 36.8 Å². The van der Waals surface area contributed by atoms with Crippen molar-refractivity contribution in [2.45, 2.75) is 45.8 Å². The molecule has 7 heteroatoms. The van der Waals surface area contributed by atoms with Crippen molar-refractivity contribution in [3.05, 3.63) is 17.7 Å². The number of hydrogen-bond acceptors (Lipinski definition) is 5. The van der Waals surface area contributed by atoms with Gasteiger partial charge in [-0.2, -0.15) is 5.26 Å². The van der Waals surface area contributed by atoms with Gasteiger partial charge in [0.1, 0.15) is 12.8 Å². The van der Waals surface area contributed by atoms with Gasteiger partial charge >= 0.3 is 5.97 Å². The molecule has 21 heavy (non-hydrogen) atoms. The van der Waals surface area contributed by atoms with Crippen LogP contribution in [0.4, 0.5) is 0 Å². The van der Waals surface area contributed by atoms with E-state index in [1.54, 1.807) is 0 Å². The van der Waals surface area contributed by atoms with E-state index in [-0.39, 0.29) is 18.2 Å². The van der Waals surface area contributed by atoms with Crippen LogP contribution in [0.2, 0.25) is 25.7 Å². The summed E-state index contributed by atoms with van der Waals surface area (Å²) >= 11 is 0. The molecule has 116 valence electrons. The summed E-state index contributed by atoms with van der Waals surface area (Å²) in [7, 11) is -1.14. The van der Waals surface area contributed by atoms with E-state index in [0.29, 0.717) is 13.2 Å². The lowest BCUT2D eigenvalue weighted by molar-refractivity contribution is 0.0444. The molecule has 0 amide bonds. The summed E-state index contributed by atoms with van der Waals surface area (Å²) < 4.78 is 12.2. The van der Waals surface area contributed by atoms with Crippen LogP contribution >= 0.6 is 0 Å².